The molecule has 0 atom stereocenters. The van der Waals surface area contributed by atoms with Crippen LogP contribution in [0.1, 0.15) is 33.4 Å². The van der Waals surface area contributed by atoms with Crippen molar-refractivity contribution in [2.45, 2.75) is 33.4 Å². The van der Waals surface area contributed by atoms with Gasteiger partial charge in [0.1, 0.15) is 29.7 Å². The molecule has 5 aromatic rings. The van der Waals surface area contributed by atoms with Crippen molar-refractivity contribution < 1.29 is 23.4 Å². The van der Waals surface area contributed by atoms with Gasteiger partial charge in [0.15, 0.2) is 0 Å². The Hall–Kier alpha value is -5.47. The highest BCUT2D eigenvalue weighted by Crippen LogP contribution is 2.25. The second-order valence-corrected chi connectivity index (χ2v) is 12.5. The van der Waals surface area contributed by atoms with Crippen LogP contribution in [-0.4, -0.2) is 53.5 Å². The van der Waals surface area contributed by atoms with Gasteiger partial charge in [0.2, 0.25) is 11.8 Å². The lowest BCUT2D eigenvalue weighted by molar-refractivity contribution is -0.127. The normalized spacial score (nSPS) is 13.4. The van der Waals surface area contributed by atoms with Crippen molar-refractivity contribution in [1.82, 2.24) is 14.8 Å². The topological polar surface area (TPSA) is 64.1 Å². The van der Waals surface area contributed by atoms with Gasteiger partial charge >= 0.3 is 0 Å². The Morgan fingerprint density at radius 3 is 2.14 bits per heavy atom. The van der Waals surface area contributed by atoms with Crippen LogP contribution in [0.5, 0.6) is 23.1 Å². The molecule has 8 heteroatoms. The van der Waals surface area contributed by atoms with E-state index in [1.54, 1.807) is 30.5 Å². The number of carbonyl (C=O) groups is 1. The van der Waals surface area contributed by atoms with Crippen LogP contribution in [-0.2, 0) is 24.4 Å². The Morgan fingerprint density at radius 2 is 1.44 bits per heavy atom. The van der Waals surface area contributed by atoms with E-state index < -0.39 is 0 Å². The number of rotatable bonds is 13. The maximum Gasteiger partial charge on any atom is 0.246 e. The molecule has 0 aliphatic carbocycles. The standard InChI is InChI=1S/C42H42FN3O4/c1-31-3-5-35(6-4-31)30-49-40-18-19-41(44-28-40)50-39-15-11-36(32(2)27-39)12-20-42(47)46-24-22-45(23-25-46)29-34-9-7-33(8-10-34)21-26-48-38-16-13-37(43)14-17-38/h3-20,27-28H,21-26,29-30H2,1-2H3. The van der Waals surface area contributed by atoms with Gasteiger partial charge in [-0.05, 0) is 90.2 Å². The summed E-state index contributed by atoms with van der Waals surface area (Å²) in [5, 5.41) is 0. The molecule has 6 rings (SSSR count). The van der Waals surface area contributed by atoms with Gasteiger partial charge < -0.3 is 19.1 Å². The van der Waals surface area contributed by atoms with Crippen molar-refractivity contribution >= 4 is 12.0 Å². The van der Waals surface area contributed by atoms with E-state index in [4.69, 9.17) is 14.2 Å². The number of carbonyl (C=O) groups excluding carboxylic acids is 1. The molecule has 1 amide bonds. The van der Waals surface area contributed by atoms with Crippen LogP contribution in [0.15, 0.2) is 115 Å². The maximum absolute atomic E-state index is 13.1. The fourth-order valence-corrected chi connectivity index (χ4v) is 5.66. The number of aromatic nitrogens is 1. The Bertz CT molecular complexity index is 1870. The molecule has 0 N–H and O–H groups in total. The molecule has 0 radical (unpaired) electrons. The molecule has 1 aliphatic heterocycles. The van der Waals surface area contributed by atoms with E-state index >= 15 is 0 Å². The lowest BCUT2D eigenvalue weighted by Crippen LogP contribution is -2.47. The third-order valence-electron chi connectivity index (χ3n) is 8.69. The first kappa shape index (κ1) is 34.4. The van der Waals surface area contributed by atoms with Gasteiger partial charge in [-0.2, -0.15) is 0 Å². The highest BCUT2D eigenvalue weighted by Gasteiger charge is 2.19. The van der Waals surface area contributed by atoms with Gasteiger partial charge in [-0.3, -0.25) is 9.69 Å². The summed E-state index contributed by atoms with van der Waals surface area (Å²) in [6.45, 7) is 8.95. The van der Waals surface area contributed by atoms with E-state index in [-0.39, 0.29) is 11.7 Å². The van der Waals surface area contributed by atoms with E-state index in [0.29, 0.717) is 49.4 Å². The van der Waals surface area contributed by atoms with Crippen LogP contribution in [0, 0.1) is 19.7 Å². The molecule has 0 unspecified atom stereocenters. The first-order valence-electron chi connectivity index (χ1n) is 16.9. The number of piperazine rings is 1. The molecule has 1 fully saturated rings. The number of amides is 1. The molecule has 0 bridgehead atoms. The second-order valence-electron chi connectivity index (χ2n) is 12.5. The third-order valence-corrected chi connectivity index (χ3v) is 8.69. The van der Waals surface area contributed by atoms with Crippen LogP contribution in [0.25, 0.3) is 6.08 Å². The molecular weight excluding hydrogens is 629 g/mol. The molecule has 256 valence electrons. The molecule has 7 nitrogen and oxygen atoms in total. The molecule has 0 spiro atoms. The average molecular weight is 672 g/mol. The van der Waals surface area contributed by atoms with E-state index in [2.05, 4.69) is 65.3 Å². The molecule has 0 saturated carbocycles. The van der Waals surface area contributed by atoms with E-state index in [9.17, 15) is 9.18 Å². The number of nitrogens with zero attached hydrogens (tertiary/aromatic N) is 3. The Morgan fingerprint density at radius 1 is 0.760 bits per heavy atom. The molecule has 1 aliphatic rings. The predicted molar refractivity (Wildman–Crippen MR) is 194 cm³/mol. The fourth-order valence-electron chi connectivity index (χ4n) is 5.66. The number of aryl methyl sites for hydroxylation is 2. The van der Waals surface area contributed by atoms with Crippen molar-refractivity contribution in [2.75, 3.05) is 32.8 Å². The Kier molecular flexibility index (Phi) is 11.5. The number of hydrogen-bond acceptors (Lipinski definition) is 6. The highest BCUT2D eigenvalue weighted by molar-refractivity contribution is 5.92. The van der Waals surface area contributed by atoms with Crippen LogP contribution in [0.4, 0.5) is 4.39 Å². The fraction of sp³-hybridized carbons (Fsp3) is 0.238. The summed E-state index contributed by atoms with van der Waals surface area (Å²) in [5.74, 6) is 2.25. The minimum absolute atomic E-state index is 0.0190. The average Bonchev–Trinajstić information content (AvgIpc) is 3.13. The Labute approximate surface area is 293 Å². The third kappa shape index (κ3) is 10.0. The van der Waals surface area contributed by atoms with Crippen molar-refractivity contribution in [3.8, 4) is 23.1 Å². The van der Waals surface area contributed by atoms with E-state index in [1.807, 2.05) is 42.2 Å². The molecular formula is C42H42FN3O4. The summed E-state index contributed by atoms with van der Waals surface area (Å²) >= 11 is 0. The van der Waals surface area contributed by atoms with Gasteiger partial charge in [0, 0.05) is 51.3 Å². The first-order chi connectivity index (χ1) is 24.4. The number of benzene rings is 4. The minimum atomic E-state index is -0.268. The summed E-state index contributed by atoms with van der Waals surface area (Å²) in [6.07, 6.45) is 5.97. The quantitative estimate of drug-likeness (QED) is 0.118. The van der Waals surface area contributed by atoms with Crippen LogP contribution in [0.3, 0.4) is 0 Å². The van der Waals surface area contributed by atoms with Crippen molar-refractivity contribution in [1.29, 1.82) is 0 Å². The second kappa shape index (κ2) is 16.8. The van der Waals surface area contributed by atoms with Gasteiger partial charge in [0.05, 0.1) is 12.8 Å². The number of ether oxygens (including phenoxy) is 3. The number of pyridine rings is 1. The predicted octanol–water partition coefficient (Wildman–Crippen LogP) is 8.19. The molecule has 2 heterocycles. The minimum Gasteiger partial charge on any atom is -0.493 e. The summed E-state index contributed by atoms with van der Waals surface area (Å²) < 4.78 is 30.6. The van der Waals surface area contributed by atoms with Gasteiger partial charge in [-0.1, -0.05) is 60.2 Å². The smallest absolute Gasteiger partial charge is 0.246 e. The van der Waals surface area contributed by atoms with E-state index in [0.717, 1.165) is 42.7 Å². The van der Waals surface area contributed by atoms with Gasteiger partial charge in [-0.15, -0.1) is 0 Å². The van der Waals surface area contributed by atoms with Gasteiger partial charge in [0.25, 0.3) is 0 Å². The summed E-state index contributed by atoms with van der Waals surface area (Å²) in [5.41, 5.74) is 6.72. The molecule has 50 heavy (non-hydrogen) atoms. The zero-order valence-corrected chi connectivity index (χ0v) is 28.6. The van der Waals surface area contributed by atoms with Crippen LogP contribution >= 0.6 is 0 Å². The SMILES string of the molecule is Cc1ccc(COc2ccc(Oc3ccc(C=CC(=O)N4CCN(Cc5ccc(CCOc6ccc(F)cc6)cc5)CC4)c(C)c3)nc2)cc1. The van der Waals surface area contributed by atoms with Crippen molar-refractivity contribution in [3.05, 3.63) is 155 Å². The largest absolute Gasteiger partial charge is 0.493 e. The summed E-state index contributed by atoms with van der Waals surface area (Å²) in [6, 6.07) is 32.3. The lowest BCUT2D eigenvalue weighted by atomic mass is 10.1. The van der Waals surface area contributed by atoms with Crippen molar-refractivity contribution in [2.24, 2.45) is 0 Å². The Balaban J connectivity index is 0.911. The molecule has 1 aromatic heterocycles. The zero-order valence-electron chi connectivity index (χ0n) is 28.6. The first-order valence-corrected chi connectivity index (χ1v) is 16.9. The highest BCUT2D eigenvalue weighted by atomic mass is 19.1. The number of halogens is 1. The summed E-state index contributed by atoms with van der Waals surface area (Å²) in [7, 11) is 0. The number of hydrogen-bond donors (Lipinski definition) is 0. The summed E-state index contributed by atoms with van der Waals surface area (Å²) in [4.78, 5) is 21.7. The van der Waals surface area contributed by atoms with Crippen LogP contribution in [0.2, 0.25) is 0 Å². The lowest BCUT2D eigenvalue weighted by Gasteiger charge is -2.34. The maximum atomic E-state index is 13.1. The molecule has 1 saturated heterocycles. The van der Waals surface area contributed by atoms with E-state index in [1.165, 1.54) is 28.8 Å². The zero-order chi connectivity index (χ0) is 34.7. The monoisotopic (exact) mass is 671 g/mol. The van der Waals surface area contributed by atoms with Crippen molar-refractivity contribution in [3.63, 3.8) is 0 Å². The van der Waals surface area contributed by atoms with Gasteiger partial charge in [-0.25, -0.2) is 9.37 Å². The molecule has 4 aromatic carbocycles. The van der Waals surface area contributed by atoms with Crippen LogP contribution < -0.4 is 14.2 Å².